The third kappa shape index (κ3) is 4.56. The van der Waals surface area contributed by atoms with Crippen molar-refractivity contribution in [2.24, 2.45) is 5.92 Å². The summed E-state index contributed by atoms with van der Waals surface area (Å²) in [6, 6.07) is 44.4. The molecule has 0 bridgehead atoms. The monoisotopic (exact) mass is 556 g/mol. The first-order chi connectivity index (χ1) is 16.3. The number of carbonyl (C=O) groups is 1. The molecule has 0 radical (unpaired) electrons. The maximum absolute atomic E-state index is 12.6. The Balaban J connectivity index is 1.80. The molecule has 0 aromatic heterocycles. The number of hydrogen-bond donors (Lipinski definition) is 0. The summed E-state index contributed by atoms with van der Waals surface area (Å²) in [5.74, 6) is 0.812. The molecule has 1 fully saturated rings. The van der Waals surface area contributed by atoms with Crippen LogP contribution in [0.2, 0.25) is 0 Å². The van der Waals surface area contributed by atoms with E-state index in [1.165, 1.54) is 15.6 Å². The van der Waals surface area contributed by atoms with E-state index in [1.54, 1.807) is 0 Å². The van der Waals surface area contributed by atoms with Gasteiger partial charge in [-0.15, -0.1) is 0 Å². The zero-order valence-electron chi connectivity index (χ0n) is 18.6. The Labute approximate surface area is 205 Å². The Hall–Kier alpha value is -2.30. The van der Waals surface area contributed by atoms with Crippen molar-refractivity contribution in [2.45, 2.75) is 27.4 Å². The van der Waals surface area contributed by atoms with Gasteiger partial charge in [-0.2, -0.15) is 0 Å². The van der Waals surface area contributed by atoms with Gasteiger partial charge in [-0.1, -0.05) is 0 Å². The van der Waals surface area contributed by atoms with E-state index in [0.717, 1.165) is 12.8 Å². The summed E-state index contributed by atoms with van der Waals surface area (Å²) in [6.45, 7) is 0. The molecule has 1 aliphatic rings. The summed E-state index contributed by atoms with van der Waals surface area (Å²) in [7, 11) is 0. The second-order valence-electron chi connectivity index (χ2n) is 8.80. The molecule has 0 amide bonds. The summed E-state index contributed by atoms with van der Waals surface area (Å²) in [5.41, 5.74) is 0. The van der Waals surface area contributed by atoms with Crippen LogP contribution in [0.1, 0.15) is 19.3 Å². The van der Waals surface area contributed by atoms with E-state index in [0.29, 0.717) is 21.4 Å². The molecule has 2 unspecified atom stereocenters. The van der Waals surface area contributed by atoms with Crippen molar-refractivity contribution in [3.05, 3.63) is 121 Å². The molecule has 1 saturated carbocycles. The molecule has 0 spiro atoms. The van der Waals surface area contributed by atoms with Crippen LogP contribution in [-0.2, 0) is 4.79 Å². The Morgan fingerprint density at radius 1 is 0.636 bits per heavy atom. The first-order valence-electron chi connectivity index (χ1n) is 11.7. The van der Waals surface area contributed by atoms with Crippen LogP contribution in [0.25, 0.3) is 0 Å². The standard InChI is InChI=1S/C12H13OS.3C6H5.Sn/c13-11-7-6-10(8-11)9-14-12-4-2-1-3-5-12;3*1-2-4-6-5-3-1;/h1-5,9-10H,6-8H2;3*1-5H;. The average molecular weight is 555 g/mol. The molecule has 1 nitrogen and oxygen atoms in total. The molecule has 5 rings (SSSR count). The van der Waals surface area contributed by atoms with Crippen molar-refractivity contribution in [1.82, 2.24) is 0 Å². The van der Waals surface area contributed by atoms with Crippen molar-refractivity contribution in [3.63, 3.8) is 0 Å². The first kappa shape index (κ1) is 22.5. The number of carbonyl (C=O) groups excluding carboxylic acids is 1. The van der Waals surface area contributed by atoms with Crippen LogP contribution in [-0.4, -0.2) is 27.4 Å². The van der Waals surface area contributed by atoms with Crippen LogP contribution in [0.5, 0.6) is 0 Å². The fourth-order valence-electron chi connectivity index (χ4n) is 5.38. The van der Waals surface area contributed by atoms with Crippen LogP contribution in [0.15, 0.2) is 126 Å². The van der Waals surface area contributed by atoms with Gasteiger partial charge >= 0.3 is 206 Å². The minimum atomic E-state index is -3.61. The Kier molecular flexibility index (Phi) is 7.03. The molecule has 4 aromatic carbocycles. The summed E-state index contributed by atoms with van der Waals surface area (Å²) >= 11 is -1.59. The quantitative estimate of drug-likeness (QED) is 0.230. The molecule has 1 aliphatic carbocycles. The Bertz CT molecular complexity index is 1080. The normalized spacial score (nSPS) is 17.1. The second-order valence-corrected chi connectivity index (χ2v) is 22.5. The molecule has 0 N–H and O–H groups in total. The number of hydrogen-bond acceptors (Lipinski definition) is 2. The van der Waals surface area contributed by atoms with Crippen molar-refractivity contribution in [3.8, 4) is 0 Å². The van der Waals surface area contributed by atoms with Gasteiger partial charge in [0.25, 0.3) is 0 Å². The molecule has 4 aromatic rings. The van der Waals surface area contributed by atoms with E-state index >= 15 is 0 Å². The SMILES string of the molecule is O=C1CCC([CH](Sc2ccccc2)[Sn]([c]2ccccc2)([c]2ccccc2)[c]2ccccc2)C1. The van der Waals surface area contributed by atoms with Crippen LogP contribution >= 0.6 is 11.8 Å². The van der Waals surface area contributed by atoms with Gasteiger partial charge in [-0.25, -0.2) is 0 Å². The van der Waals surface area contributed by atoms with Gasteiger partial charge in [-0.05, 0) is 0 Å². The van der Waals surface area contributed by atoms with Gasteiger partial charge in [0.15, 0.2) is 0 Å². The summed E-state index contributed by atoms with van der Waals surface area (Å²) < 4.78 is 4.83. The molecular weight excluding hydrogens is 527 g/mol. The van der Waals surface area contributed by atoms with Gasteiger partial charge < -0.3 is 0 Å². The number of thioether (sulfide) groups is 1. The molecule has 33 heavy (non-hydrogen) atoms. The average Bonchev–Trinajstić information content (AvgIpc) is 3.32. The third-order valence-electron chi connectivity index (χ3n) is 6.83. The van der Waals surface area contributed by atoms with Gasteiger partial charge in [-0.3, -0.25) is 0 Å². The van der Waals surface area contributed by atoms with E-state index in [2.05, 4.69) is 121 Å². The number of Topliss-reactive ketones (excluding diaryl/α,β-unsaturated/α-hetero) is 1. The van der Waals surface area contributed by atoms with Crippen LogP contribution in [0, 0.1) is 5.92 Å². The fraction of sp³-hybridized carbons (Fsp3) is 0.167. The van der Waals surface area contributed by atoms with E-state index in [-0.39, 0.29) is 0 Å². The molecule has 0 aliphatic heterocycles. The number of ketones is 1. The van der Waals surface area contributed by atoms with Crippen LogP contribution < -0.4 is 10.7 Å². The molecule has 0 saturated heterocycles. The Morgan fingerprint density at radius 3 is 1.45 bits per heavy atom. The van der Waals surface area contributed by atoms with Gasteiger partial charge in [0, 0.05) is 0 Å². The fourth-order valence-corrected chi connectivity index (χ4v) is 26.7. The van der Waals surface area contributed by atoms with Gasteiger partial charge in [0.05, 0.1) is 0 Å². The number of benzene rings is 4. The Morgan fingerprint density at radius 2 is 1.06 bits per heavy atom. The molecule has 3 heteroatoms. The molecule has 164 valence electrons. The van der Waals surface area contributed by atoms with E-state index in [4.69, 9.17) is 0 Å². The number of rotatable bonds is 7. The summed E-state index contributed by atoms with van der Waals surface area (Å²) in [6.07, 6.45) is 2.42. The van der Waals surface area contributed by atoms with Crippen molar-refractivity contribution in [1.29, 1.82) is 0 Å². The van der Waals surface area contributed by atoms with E-state index in [9.17, 15) is 4.79 Å². The molecule has 2 atom stereocenters. The van der Waals surface area contributed by atoms with Gasteiger partial charge in [0.1, 0.15) is 0 Å². The first-order valence-corrected chi connectivity index (χ1v) is 18.5. The maximum atomic E-state index is 12.6. The third-order valence-corrected chi connectivity index (χ3v) is 25.8. The molecule has 0 heterocycles. The summed E-state index contributed by atoms with van der Waals surface area (Å²) in [4.78, 5) is 13.9. The van der Waals surface area contributed by atoms with E-state index < -0.39 is 18.4 Å². The summed E-state index contributed by atoms with van der Waals surface area (Å²) in [5, 5.41) is 0. The van der Waals surface area contributed by atoms with Crippen LogP contribution in [0.4, 0.5) is 0 Å². The molecular formula is C30H28OSSn. The van der Waals surface area contributed by atoms with Crippen molar-refractivity contribution in [2.75, 3.05) is 0 Å². The predicted octanol–water partition coefficient (Wildman–Crippen LogP) is 5.23. The zero-order chi connectivity index (χ0) is 22.5. The second kappa shape index (κ2) is 10.3. The van der Waals surface area contributed by atoms with E-state index in [1.807, 2.05) is 11.8 Å². The van der Waals surface area contributed by atoms with Crippen LogP contribution in [0.3, 0.4) is 0 Å². The predicted molar refractivity (Wildman–Crippen MR) is 142 cm³/mol. The minimum absolute atomic E-state index is 0.375. The topological polar surface area (TPSA) is 17.1 Å². The zero-order valence-corrected chi connectivity index (χ0v) is 22.3. The van der Waals surface area contributed by atoms with Crippen molar-refractivity contribution < 1.29 is 4.79 Å². The van der Waals surface area contributed by atoms with Gasteiger partial charge in [0.2, 0.25) is 0 Å². The van der Waals surface area contributed by atoms with Crippen molar-refractivity contribution >= 4 is 46.7 Å².